The lowest BCUT2D eigenvalue weighted by Gasteiger charge is -2.37. The van der Waals surface area contributed by atoms with Crippen molar-refractivity contribution in [1.29, 1.82) is 0 Å². The smallest absolute Gasteiger partial charge is 0.228 e. The summed E-state index contributed by atoms with van der Waals surface area (Å²) in [5.41, 5.74) is 5.88. The first-order valence-electron chi connectivity index (χ1n) is 7.03. The van der Waals surface area contributed by atoms with Crippen molar-refractivity contribution in [2.45, 2.75) is 24.9 Å². The Morgan fingerprint density at radius 3 is 3.00 bits per heavy atom. The predicted octanol–water partition coefficient (Wildman–Crippen LogP) is -0.626. The van der Waals surface area contributed by atoms with Crippen LogP contribution in [0.3, 0.4) is 0 Å². The van der Waals surface area contributed by atoms with Crippen molar-refractivity contribution >= 4 is 0 Å². The van der Waals surface area contributed by atoms with Crippen LogP contribution in [0.25, 0.3) is 0 Å². The van der Waals surface area contributed by atoms with Crippen LogP contribution < -0.4 is 5.73 Å². The number of methoxy groups -OCH3 is 1. The highest BCUT2D eigenvalue weighted by Crippen LogP contribution is 2.11. The molecule has 7 nitrogen and oxygen atoms in total. The molecule has 2 atom stereocenters. The molecule has 1 aromatic rings. The van der Waals surface area contributed by atoms with Crippen LogP contribution in [-0.2, 0) is 17.6 Å². The topological polar surface area (TPSA) is 80.7 Å². The molecule has 0 aliphatic carbocycles. The standard InChI is InChI=1S/C13H25N5O2/c1-17-4-5-18(2)11(8-17)7-12-15-13(20-16-12)6-10(14)9-19-3/h10-11H,4-9,14H2,1-3H3. The average molecular weight is 283 g/mol. The van der Waals surface area contributed by atoms with Crippen LogP contribution in [0.2, 0.25) is 0 Å². The zero-order valence-electron chi connectivity index (χ0n) is 12.6. The predicted molar refractivity (Wildman–Crippen MR) is 75.5 cm³/mol. The van der Waals surface area contributed by atoms with E-state index in [9.17, 15) is 0 Å². The van der Waals surface area contributed by atoms with E-state index in [0.29, 0.717) is 25.0 Å². The van der Waals surface area contributed by atoms with E-state index in [-0.39, 0.29) is 6.04 Å². The molecule has 0 aromatic carbocycles. The Morgan fingerprint density at radius 1 is 1.45 bits per heavy atom. The second-order valence-corrected chi connectivity index (χ2v) is 5.62. The van der Waals surface area contributed by atoms with Crippen molar-refractivity contribution in [2.24, 2.45) is 5.73 Å². The number of hydrogen-bond acceptors (Lipinski definition) is 7. The van der Waals surface area contributed by atoms with Gasteiger partial charge >= 0.3 is 0 Å². The minimum Gasteiger partial charge on any atom is -0.383 e. The van der Waals surface area contributed by atoms with Gasteiger partial charge in [0.05, 0.1) is 6.61 Å². The number of ether oxygens (including phenoxy) is 1. The van der Waals surface area contributed by atoms with Crippen molar-refractivity contribution in [3.63, 3.8) is 0 Å². The van der Waals surface area contributed by atoms with E-state index in [0.717, 1.165) is 31.9 Å². The number of likely N-dealkylation sites (N-methyl/N-ethyl adjacent to an activating group) is 2. The first-order valence-corrected chi connectivity index (χ1v) is 7.03. The van der Waals surface area contributed by atoms with E-state index >= 15 is 0 Å². The number of hydrogen-bond donors (Lipinski definition) is 1. The van der Waals surface area contributed by atoms with Gasteiger partial charge in [-0.3, -0.25) is 0 Å². The first-order chi connectivity index (χ1) is 9.58. The lowest BCUT2D eigenvalue weighted by Crippen LogP contribution is -2.50. The molecule has 2 N–H and O–H groups in total. The zero-order chi connectivity index (χ0) is 14.5. The quantitative estimate of drug-likeness (QED) is 0.744. The third-order valence-corrected chi connectivity index (χ3v) is 3.73. The Morgan fingerprint density at radius 2 is 2.25 bits per heavy atom. The summed E-state index contributed by atoms with van der Waals surface area (Å²) in [6, 6.07) is 0.337. The fourth-order valence-corrected chi connectivity index (χ4v) is 2.49. The summed E-state index contributed by atoms with van der Waals surface area (Å²) < 4.78 is 10.3. The average Bonchev–Trinajstić information content (AvgIpc) is 2.81. The summed E-state index contributed by atoms with van der Waals surface area (Å²) in [4.78, 5) is 9.11. The third kappa shape index (κ3) is 4.24. The summed E-state index contributed by atoms with van der Waals surface area (Å²) >= 11 is 0. The summed E-state index contributed by atoms with van der Waals surface area (Å²) in [6.07, 6.45) is 1.37. The maximum atomic E-state index is 5.88. The van der Waals surface area contributed by atoms with Crippen LogP contribution in [0, 0.1) is 0 Å². The van der Waals surface area contributed by atoms with Crippen LogP contribution in [-0.4, -0.2) is 79.5 Å². The molecule has 2 heterocycles. The molecule has 0 radical (unpaired) electrons. The number of piperazine rings is 1. The highest BCUT2D eigenvalue weighted by atomic mass is 16.5. The van der Waals surface area contributed by atoms with Gasteiger partial charge in [-0.2, -0.15) is 4.98 Å². The molecule has 7 heteroatoms. The second-order valence-electron chi connectivity index (χ2n) is 5.62. The highest BCUT2D eigenvalue weighted by molar-refractivity contribution is 4.94. The van der Waals surface area contributed by atoms with Gasteiger partial charge in [0.25, 0.3) is 0 Å². The molecule has 0 bridgehead atoms. The number of nitrogens with two attached hydrogens (primary N) is 1. The number of aromatic nitrogens is 2. The van der Waals surface area contributed by atoms with Crippen LogP contribution in [0.1, 0.15) is 11.7 Å². The number of rotatable bonds is 6. The lowest BCUT2D eigenvalue weighted by atomic mass is 10.1. The van der Waals surface area contributed by atoms with Gasteiger partial charge in [-0.1, -0.05) is 5.16 Å². The normalized spacial score (nSPS) is 23.1. The van der Waals surface area contributed by atoms with Crippen molar-refractivity contribution in [1.82, 2.24) is 19.9 Å². The summed E-state index contributed by atoms with van der Waals surface area (Å²) in [5.74, 6) is 1.35. The minimum absolute atomic E-state index is 0.100. The van der Waals surface area contributed by atoms with Crippen molar-refractivity contribution in [2.75, 3.05) is 47.4 Å². The Balaban J connectivity index is 1.88. The molecule has 1 aliphatic heterocycles. The van der Waals surface area contributed by atoms with Gasteiger partial charge in [0, 0.05) is 51.7 Å². The zero-order valence-corrected chi connectivity index (χ0v) is 12.6. The minimum atomic E-state index is -0.100. The van der Waals surface area contributed by atoms with Gasteiger partial charge in [-0.25, -0.2) is 0 Å². The number of nitrogens with zero attached hydrogens (tertiary/aromatic N) is 4. The molecule has 20 heavy (non-hydrogen) atoms. The largest absolute Gasteiger partial charge is 0.383 e. The molecule has 1 aromatic heterocycles. The van der Waals surface area contributed by atoms with Gasteiger partial charge in [-0.15, -0.1) is 0 Å². The highest BCUT2D eigenvalue weighted by Gasteiger charge is 2.24. The fourth-order valence-electron chi connectivity index (χ4n) is 2.49. The summed E-state index contributed by atoms with van der Waals surface area (Å²) in [6.45, 7) is 3.71. The molecular weight excluding hydrogens is 258 g/mol. The SMILES string of the molecule is COCC(N)Cc1nc(CC2CN(C)CCN2C)no1. The summed E-state index contributed by atoms with van der Waals surface area (Å²) in [5, 5.41) is 4.06. The van der Waals surface area contributed by atoms with Crippen molar-refractivity contribution < 1.29 is 9.26 Å². The molecule has 1 aliphatic rings. The molecule has 2 rings (SSSR count). The molecule has 0 amide bonds. The van der Waals surface area contributed by atoms with Gasteiger partial charge < -0.3 is 24.8 Å². The van der Waals surface area contributed by atoms with Gasteiger partial charge in [-0.05, 0) is 14.1 Å². The van der Waals surface area contributed by atoms with Crippen LogP contribution in [0.5, 0.6) is 0 Å². The van der Waals surface area contributed by atoms with E-state index in [1.54, 1.807) is 7.11 Å². The van der Waals surface area contributed by atoms with Crippen molar-refractivity contribution in [3.05, 3.63) is 11.7 Å². The molecule has 0 saturated carbocycles. The summed E-state index contributed by atoms with van der Waals surface area (Å²) in [7, 11) is 5.92. The molecular formula is C13H25N5O2. The Labute approximate surface area is 120 Å². The van der Waals surface area contributed by atoms with Crippen molar-refractivity contribution in [3.8, 4) is 0 Å². The van der Waals surface area contributed by atoms with E-state index in [4.69, 9.17) is 15.0 Å². The molecule has 1 fully saturated rings. The van der Waals surface area contributed by atoms with Crippen LogP contribution in [0.4, 0.5) is 0 Å². The van der Waals surface area contributed by atoms with E-state index in [1.165, 1.54) is 0 Å². The molecule has 114 valence electrons. The Hall–Kier alpha value is -1.02. The van der Waals surface area contributed by atoms with E-state index in [2.05, 4.69) is 34.0 Å². The van der Waals surface area contributed by atoms with Crippen LogP contribution >= 0.6 is 0 Å². The lowest BCUT2D eigenvalue weighted by molar-refractivity contribution is 0.113. The fraction of sp³-hybridized carbons (Fsp3) is 0.846. The maximum Gasteiger partial charge on any atom is 0.228 e. The van der Waals surface area contributed by atoms with Gasteiger partial charge in [0.2, 0.25) is 5.89 Å². The molecule has 0 spiro atoms. The van der Waals surface area contributed by atoms with E-state index < -0.39 is 0 Å². The van der Waals surface area contributed by atoms with Crippen LogP contribution in [0.15, 0.2) is 4.52 Å². The first kappa shape index (κ1) is 15.4. The van der Waals surface area contributed by atoms with E-state index in [1.807, 2.05) is 0 Å². The van der Waals surface area contributed by atoms with Gasteiger partial charge in [0.15, 0.2) is 5.82 Å². The van der Waals surface area contributed by atoms with Gasteiger partial charge in [0.1, 0.15) is 0 Å². The monoisotopic (exact) mass is 283 g/mol. The third-order valence-electron chi connectivity index (χ3n) is 3.73. The molecule has 1 saturated heterocycles. The Bertz CT molecular complexity index is 411. The second kappa shape index (κ2) is 7.12. The molecule has 2 unspecified atom stereocenters. The Kier molecular flexibility index (Phi) is 5.47. The maximum absolute atomic E-state index is 5.88.